The van der Waals surface area contributed by atoms with Crippen LogP contribution in [0.4, 0.5) is 13.2 Å². The van der Waals surface area contributed by atoms with Crippen molar-refractivity contribution in [3.05, 3.63) is 89.5 Å². The zero-order valence-corrected chi connectivity index (χ0v) is 18.9. The van der Waals surface area contributed by atoms with Gasteiger partial charge < -0.3 is 14.7 Å². The van der Waals surface area contributed by atoms with Crippen LogP contribution in [0.1, 0.15) is 29.0 Å². The molecule has 34 heavy (non-hydrogen) atoms. The summed E-state index contributed by atoms with van der Waals surface area (Å²) in [4.78, 5) is 11.7. The highest BCUT2D eigenvalue weighted by Gasteiger charge is 2.30. The second-order valence-corrected chi connectivity index (χ2v) is 7.95. The van der Waals surface area contributed by atoms with Gasteiger partial charge in [-0.25, -0.2) is 0 Å². The van der Waals surface area contributed by atoms with E-state index >= 15 is 0 Å². The molecule has 3 aromatic rings. The van der Waals surface area contributed by atoms with Gasteiger partial charge in [0.05, 0.1) is 19.1 Å². The van der Waals surface area contributed by atoms with Gasteiger partial charge in [0.15, 0.2) is 0 Å². The van der Waals surface area contributed by atoms with Gasteiger partial charge in [0.25, 0.3) is 0 Å². The lowest BCUT2D eigenvalue weighted by Crippen LogP contribution is -2.23. The monoisotopic (exact) mass is 473 g/mol. The summed E-state index contributed by atoms with van der Waals surface area (Å²) < 4.78 is 49.0. The third-order valence-corrected chi connectivity index (χ3v) is 5.35. The first-order valence-electron chi connectivity index (χ1n) is 10.6. The van der Waals surface area contributed by atoms with E-state index in [2.05, 4.69) is 0 Å². The zero-order chi connectivity index (χ0) is 24.7. The van der Waals surface area contributed by atoms with Gasteiger partial charge in [-0.05, 0) is 52.6 Å². The second-order valence-electron chi connectivity index (χ2n) is 7.95. The van der Waals surface area contributed by atoms with E-state index in [0.29, 0.717) is 11.3 Å². The first kappa shape index (κ1) is 25.3. The van der Waals surface area contributed by atoms with Gasteiger partial charge in [-0.15, -0.1) is 0 Å². The smallest absolute Gasteiger partial charge is 0.416 e. The summed E-state index contributed by atoms with van der Waals surface area (Å²) in [5, 5.41) is 10.6. The van der Waals surface area contributed by atoms with Crippen LogP contribution in [0.15, 0.2) is 72.8 Å². The van der Waals surface area contributed by atoms with Crippen LogP contribution in [-0.4, -0.2) is 36.9 Å². The number of ether oxygens (including phenoxy) is 2. The number of hydrogen-bond acceptors (Lipinski definition) is 5. The fourth-order valence-corrected chi connectivity index (χ4v) is 3.59. The molecule has 0 aliphatic heterocycles. The van der Waals surface area contributed by atoms with E-state index in [1.54, 1.807) is 12.1 Å². The van der Waals surface area contributed by atoms with E-state index in [1.807, 2.05) is 36.4 Å². The highest BCUT2D eigenvalue weighted by molar-refractivity contribution is 5.70. The van der Waals surface area contributed by atoms with Crippen LogP contribution in [0.2, 0.25) is 0 Å². The Hall–Kier alpha value is -3.36. The summed E-state index contributed by atoms with van der Waals surface area (Å²) in [5.74, 6) is 0.0230. The fourth-order valence-electron chi connectivity index (χ4n) is 3.59. The topological polar surface area (TPSA) is 59.0 Å². The van der Waals surface area contributed by atoms with Crippen molar-refractivity contribution >= 4 is 5.97 Å². The van der Waals surface area contributed by atoms with Gasteiger partial charge in [-0.2, -0.15) is 18.2 Å². The number of likely N-dealkylation sites (N-methyl/N-ethyl adjacent to an activating group) is 1. The number of hydroxylamine groups is 2. The SMILES string of the molecule is COC(=O)C[C@H](CN(C)O)c1ccc(OCc2cccc(-c3ccc(C(F)(F)F)cc3)c2)cc1. The summed E-state index contributed by atoms with van der Waals surface area (Å²) in [6.45, 7) is 0.546. The second kappa shape index (κ2) is 11.2. The third-order valence-electron chi connectivity index (χ3n) is 5.35. The van der Waals surface area contributed by atoms with E-state index < -0.39 is 11.7 Å². The lowest BCUT2D eigenvalue weighted by molar-refractivity contribution is -0.142. The molecule has 180 valence electrons. The predicted molar refractivity (Wildman–Crippen MR) is 121 cm³/mol. The molecular formula is C26H26F3NO4. The third kappa shape index (κ3) is 7.07. The van der Waals surface area contributed by atoms with Crippen LogP contribution in [0.5, 0.6) is 5.75 Å². The number of hydrogen-bond donors (Lipinski definition) is 1. The van der Waals surface area contributed by atoms with Crippen LogP contribution in [0.25, 0.3) is 11.1 Å². The molecule has 0 saturated carbocycles. The number of rotatable bonds is 9. The Morgan fingerprint density at radius 2 is 1.68 bits per heavy atom. The van der Waals surface area contributed by atoms with Gasteiger partial charge in [0.2, 0.25) is 0 Å². The first-order chi connectivity index (χ1) is 16.2. The largest absolute Gasteiger partial charge is 0.489 e. The molecule has 8 heteroatoms. The number of benzene rings is 3. The van der Waals surface area contributed by atoms with Crippen LogP contribution in [-0.2, 0) is 22.3 Å². The molecule has 0 heterocycles. The highest BCUT2D eigenvalue weighted by Crippen LogP contribution is 2.31. The molecule has 0 bridgehead atoms. The number of alkyl halides is 3. The molecule has 0 spiro atoms. The maximum Gasteiger partial charge on any atom is 0.416 e. The van der Waals surface area contributed by atoms with Crippen molar-refractivity contribution in [1.29, 1.82) is 0 Å². The molecule has 0 radical (unpaired) electrons. The Labute approximate surface area is 196 Å². The molecule has 1 atom stereocenters. The number of esters is 1. The molecule has 5 nitrogen and oxygen atoms in total. The van der Waals surface area contributed by atoms with Crippen molar-refractivity contribution in [3.8, 4) is 16.9 Å². The van der Waals surface area contributed by atoms with Crippen molar-refractivity contribution in [2.24, 2.45) is 0 Å². The first-order valence-corrected chi connectivity index (χ1v) is 10.6. The van der Waals surface area contributed by atoms with Gasteiger partial charge in [0, 0.05) is 19.5 Å². The number of carbonyl (C=O) groups excluding carboxylic acids is 1. The number of methoxy groups -OCH3 is 1. The molecule has 0 amide bonds. The Kier molecular flexibility index (Phi) is 8.31. The molecule has 0 fully saturated rings. The lowest BCUT2D eigenvalue weighted by Gasteiger charge is -2.19. The Balaban J connectivity index is 1.66. The summed E-state index contributed by atoms with van der Waals surface area (Å²) in [7, 11) is 2.84. The summed E-state index contributed by atoms with van der Waals surface area (Å²) in [5.41, 5.74) is 2.53. The quantitative estimate of drug-likeness (QED) is 0.309. The van der Waals surface area contributed by atoms with Crippen molar-refractivity contribution in [3.63, 3.8) is 0 Å². The molecule has 0 saturated heterocycles. The van der Waals surface area contributed by atoms with Crippen LogP contribution in [0, 0.1) is 0 Å². The molecular weight excluding hydrogens is 447 g/mol. The number of carbonyl (C=O) groups is 1. The van der Waals surface area contributed by atoms with Crippen molar-refractivity contribution in [2.45, 2.75) is 25.1 Å². The van der Waals surface area contributed by atoms with E-state index in [9.17, 15) is 23.2 Å². The maximum atomic E-state index is 12.8. The minimum Gasteiger partial charge on any atom is -0.489 e. The van der Waals surface area contributed by atoms with Gasteiger partial charge >= 0.3 is 12.1 Å². The average molecular weight is 473 g/mol. The van der Waals surface area contributed by atoms with E-state index in [1.165, 1.54) is 26.3 Å². The Morgan fingerprint density at radius 1 is 1.00 bits per heavy atom. The Morgan fingerprint density at radius 3 is 2.26 bits per heavy atom. The zero-order valence-electron chi connectivity index (χ0n) is 18.9. The van der Waals surface area contributed by atoms with E-state index in [4.69, 9.17) is 9.47 Å². The number of halogens is 3. The van der Waals surface area contributed by atoms with Gasteiger partial charge in [-0.1, -0.05) is 42.5 Å². The molecule has 0 aromatic heterocycles. The molecule has 0 aliphatic carbocycles. The van der Waals surface area contributed by atoms with Crippen LogP contribution < -0.4 is 4.74 Å². The maximum absolute atomic E-state index is 12.8. The van der Waals surface area contributed by atoms with E-state index in [0.717, 1.165) is 33.9 Å². The van der Waals surface area contributed by atoms with Crippen molar-refractivity contribution in [2.75, 3.05) is 20.7 Å². The number of nitrogens with zero attached hydrogens (tertiary/aromatic N) is 1. The molecule has 3 rings (SSSR count). The lowest BCUT2D eigenvalue weighted by atomic mass is 9.95. The predicted octanol–water partition coefficient (Wildman–Crippen LogP) is 5.92. The van der Waals surface area contributed by atoms with Gasteiger partial charge in [0.1, 0.15) is 12.4 Å². The van der Waals surface area contributed by atoms with Crippen molar-refractivity contribution in [1.82, 2.24) is 5.06 Å². The standard InChI is InChI=1S/C26H26F3NO4/c1-30(32)16-22(15-25(31)33-2)20-8-12-24(13-9-20)34-17-18-4-3-5-21(14-18)19-6-10-23(11-7-19)26(27,28)29/h3-14,22,32H,15-17H2,1-2H3/t22-/m1/s1. The minimum atomic E-state index is -4.36. The average Bonchev–Trinajstić information content (AvgIpc) is 2.82. The van der Waals surface area contributed by atoms with Crippen LogP contribution >= 0.6 is 0 Å². The van der Waals surface area contributed by atoms with Crippen molar-refractivity contribution < 1.29 is 32.6 Å². The molecule has 0 unspecified atom stereocenters. The summed E-state index contributed by atoms with van der Waals surface area (Å²) >= 11 is 0. The van der Waals surface area contributed by atoms with Crippen LogP contribution in [0.3, 0.4) is 0 Å². The summed E-state index contributed by atoms with van der Waals surface area (Å²) in [6.07, 6.45) is -4.23. The molecule has 3 aromatic carbocycles. The fraction of sp³-hybridized carbons (Fsp3) is 0.269. The molecule has 0 aliphatic rings. The Bertz CT molecular complexity index is 1080. The van der Waals surface area contributed by atoms with E-state index in [-0.39, 0.29) is 31.5 Å². The summed E-state index contributed by atoms with van der Waals surface area (Å²) in [6, 6.07) is 19.7. The van der Waals surface area contributed by atoms with Gasteiger partial charge in [-0.3, -0.25) is 4.79 Å². The minimum absolute atomic E-state index is 0.137. The normalized spacial score (nSPS) is 12.4. The highest BCUT2D eigenvalue weighted by atomic mass is 19.4. The molecule has 1 N–H and O–H groups in total.